The number of benzene rings is 3. The zero-order valence-electron chi connectivity index (χ0n) is 16.3. The average molecular weight is 482 g/mol. The molecule has 1 heterocycles. The largest absolute Gasteiger partial charge is 0.273 e. The van der Waals surface area contributed by atoms with E-state index in [2.05, 4.69) is 15.9 Å². The Morgan fingerprint density at radius 2 is 1.63 bits per heavy atom. The van der Waals surface area contributed by atoms with Gasteiger partial charge in [0.15, 0.2) is 0 Å². The fourth-order valence-corrected chi connectivity index (χ4v) is 5.45. The molecule has 4 rings (SSSR count). The average Bonchev–Trinajstić information content (AvgIpc) is 2.74. The van der Waals surface area contributed by atoms with E-state index in [1.807, 2.05) is 67.6 Å². The number of nitrogens with zero attached hydrogens (tertiary/aromatic N) is 1. The molecule has 1 amide bonds. The summed E-state index contributed by atoms with van der Waals surface area (Å²) in [6.45, 7) is 1.89. The summed E-state index contributed by atoms with van der Waals surface area (Å²) >= 11 is 3.47. The SMILES string of the molecule is Cc1ccc(S(=O)(=O)N2C(=O)C[C@H](c3cccc(Br)c3)C=C2c2ccccc2)cc1. The van der Waals surface area contributed by atoms with E-state index >= 15 is 0 Å². The Balaban J connectivity index is 1.86. The first-order valence-electron chi connectivity index (χ1n) is 9.54. The number of amides is 1. The molecule has 0 saturated heterocycles. The van der Waals surface area contributed by atoms with Crippen molar-refractivity contribution in [2.75, 3.05) is 0 Å². The lowest BCUT2D eigenvalue weighted by atomic mass is 9.90. The molecule has 152 valence electrons. The van der Waals surface area contributed by atoms with Crippen LogP contribution in [0.25, 0.3) is 5.70 Å². The van der Waals surface area contributed by atoms with Gasteiger partial charge in [0.25, 0.3) is 10.0 Å². The molecule has 30 heavy (non-hydrogen) atoms. The van der Waals surface area contributed by atoms with Gasteiger partial charge in [-0.25, -0.2) is 12.7 Å². The Kier molecular flexibility index (Phi) is 5.62. The molecule has 1 aliphatic rings. The molecule has 6 heteroatoms. The van der Waals surface area contributed by atoms with Crippen LogP contribution >= 0.6 is 15.9 Å². The van der Waals surface area contributed by atoms with Crippen LogP contribution in [0.15, 0.2) is 94.3 Å². The fraction of sp³-hybridized carbons (Fsp3) is 0.125. The normalized spacial score (nSPS) is 17.0. The van der Waals surface area contributed by atoms with E-state index in [9.17, 15) is 13.2 Å². The van der Waals surface area contributed by atoms with E-state index in [0.29, 0.717) is 11.3 Å². The number of carbonyl (C=O) groups excluding carboxylic acids is 1. The number of allylic oxidation sites excluding steroid dienone is 1. The predicted octanol–water partition coefficient (Wildman–Crippen LogP) is 5.50. The number of hydrogen-bond acceptors (Lipinski definition) is 3. The van der Waals surface area contributed by atoms with E-state index in [-0.39, 0.29) is 17.2 Å². The van der Waals surface area contributed by atoms with Crippen LogP contribution in [0.3, 0.4) is 0 Å². The van der Waals surface area contributed by atoms with Crippen LogP contribution in [0.1, 0.15) is 29.0 Å². The van der Waals surface area contributed by atoms with Crippen molar-refractivity contribution in [2.24, 2.45) is 0 Å². The van der Waals surface area contributed by atoms with Gasteiger partial charge in [-0.05, 0) is 42.3 Å². The van der Waals surface area contributed by atoms with Crippen molar-refractivity contribution < 1.29 is 13.2 Å². The maximum atomic E-state index is 13.4. The van der Waals surface area contributed by atoms with E-state index < -0.39 is 15.9 Å². The van der Waals surface area contributed by atoms with Crippen LogP contribution < -0.4 is 0 Å². The van der Waals surface area contributed by atoms with Crippen molar-refractivity contribution in [3.05, 3.63) is 106 Å². The summed E-state index contributed by atoms with van der Waals surface area (Å²) in [5.41, 5.74) is 2.98. The van der Waals surface area contributed by atoms with Crippen LogP contribution in [0.4, 0.5) is 0 Å². The summed E-state index contributed by atoms with van der Waals surface area (Å²) < 4.78 is 28.8. The Morgan fingerprint density at radius 1 is 0.933 bits per heavy atom. The Morgan fingerprint density at radius 3 is 2.30 bits per heavy atom. The lowest BCUT2D eigenvalue weighted by Gasteiger charge is -2.32. The highest BCUT2D eigenvalue weighted by Crippen LogP contribution is 2.38. The Bertz CT molecular complexity index is 1220. The number of halogens is 1. The van der Waals surface area contributed by atoms with Crippen LogP contribution in [0.5, 0.6) is 0 Å². The van der Waals surface area contributed by atoms with Crippen LogP contribution in [-0.2, 0) is 14.8 Å². The van der Waals surface area contributed by atoms with Gasteiger partial charge in [-0.1, -0.05) is 82.2 Å². The molecule has 0 radical (unpaired) electrons. The number of hydrogen-bond donors (Lipinski definition) is 0. The monoisotopic (exact) mass is 481 g/mol. The van der Waals surface area contributed by atoms with Crippen LogP contribution in [0, 0.1) is 6.92 Å². The summed E-state index contributed by atoms with van der Waals surface area (Å²) in [5, 5.41) is 0. The first-order valence-corrected chi connectivity index (χ1v) is 11.8. The van der Waals surface area contributed by atoms with Gasteiger partial charge in [0.2, 0.25) is 5.91 Å². The van der Waals surface area contributed by atoms with Gasteiger partial charge in [0.1, 0.15) is 0 Å². The summed E-state index contributed by atoms with van der Waals surface area (Å²) in [6, 6.07) is 23.5. The van der Waals surface area contributed by atoms with Gasteiger partial charge >= 0.3 is 0 Å². The minimum Gasteiger partial charge on any atom is -0.273 e. The third kappa shape index (κ3) is 3.98. The third-order valence-electron chi connectivity index (χ3n) is 5.10. The predicted molar refractivity (Wildman–Crippen MR) is 121 cm³/mol. The molecule has 3 aromatic rings. The van der Waals surface area contributed by atoms with Crippen molar-refractivity contribution in [2.45, 2.75) is 24.2 Å². The minimum atomic E-state index is -4.03. The first-order chi connectivity index (χ1) is 14.4. The highest BCUT2D eigenvalue weighted by atomic mass is 79.9. The molecule has 1 atom stereocenters. The second kappa shape index (κ2) is 8.20. The number of aryl methyl sites for hydroxylation is 1. The number of sulfonamides is 1. The van der Waals surface area contributed by atoms with Gasteiger partial charge in [-0.3, -0.25) is 4.79 Å². The van der Waals surface area contributed by atoms with Crippen molar-refractivity contribution in [3.8, 4) is 0 Å². The summed E-state index contributed by atoms with van der Waals surface area (Å²) in [7, 11) is -4.03. The van der Waals surface area contributed by atoms with Crippen molar-refractivity contribution >= 4 is 37.6 Å². The van der Waals surface area contributed by atoms with Gasteiger partial charge < -0.3 is 0 Å². The maximum absolute atomic E-state index is 13.4. The first kappa shape index (κ1) is 20.6. The van der Waals surface area contributed by atoms with Crippen molar-refractivity contribution in [3.63, 3.8) is 0 Å². The van der Waals surface area contributed by atoms with Gasteiger partial charge in [-0.15, -0.1) is 0 Å². The topological polar surface area (TPSA) is 54.5 Å². The molecular weight excluding hydrogens is 462 g/mol. The molecule has 1 aliphatic heterocycles. The second-order valence-corrected chi connectivity index (χ2v) is 9.96. The molecule has 0 fully saturated rings. The Labute approximate surface area is 185 Å². The van der Waals surface area contributed by atoms with E-state index in [0.717, 1.165) is 19.9 Å². The van der Waals surface area contributed by atoms with Gasteiger partial charge in [-0.2, -0.15) is 0 Å². The molecule has 0 N–H and O–H groups in total. The summed E-state index contributed by atoms with van der Waals surface area (Å²) in [4.78, 5) is 13.3. The molecule has 0 aliphatic carbocycles. The molecule has 0 bridgehead atoms. The summed E-state index contributed by atoms with van der Waals surface area (Å²) in [5.74, 6) is -0.656. The fourth-order valence-electron chi connectivity index (χ4n) is 3.58. The molecule has 4 nitrogen and oxygen atoms in total. The van der Waals surface area contributed by atoms with Crippen molar-refractivity contribution in [1.82, 2.24) is 4.31 Å². The zero-order chi connectivity index (χ0) is 21.3. The second-order valence-electron chi connectivity index (χ2n) is 7.26. The van der Waals surface area contributed by atoms with E-state index in [4.69, 9.17) is 0 Å². The minimum absolute atomic E-state index is 0.0812. The standard InChI is InChI=1S/C24H20BrNO3S/c1-17-10-12-22(13-11-17)30(28,29)26-23(18-6-3-2-4-7-18)15-20(16-24(26)27)19-8-5-9-21(25)14-19/h2-15,20H,16H2,1H3/t20-/m1/s1. The lowest BCUT2D eigenvalue weighted by molar-refractivity contribution is -0.124. The number of rotatable bonds is 4. The smallest absolute Gasteiger partial charge is 0.270 e. The molecule has 0 unspecified atom stereocenters. The molecule has 0 spiro atoms. The maximum Gasteiger partial charge on any atom is 0.270 e. The third-order valence-corrected chi connectivity index (χ3v) is 7.35. The van der Waals surface area contributed by atoms with Crippen molar-refractivity contribution in [1.29, 1.82) is 0 Å². The lowest BCUT2D eigenvalue weighted by Crippen LogP contribution is -2.39. The van der Waals surface area contributed by atoms with Crippen LogP contribution in [-0.4, -0.2) is 18.6 Å². The van der Waals surface area contributed by atoms with E-state index in [1.54, 1.807) is 24.3 Å². The highest BCUT2D eigenvalue weighted by molar-refractivity contribution is 9.10. The molecular formula is C24H20BrNO3S. The molecule has 0 saturated carbocycles. The quantitative estimate of drug-likeness (QED) is 0.493. The van der Waals surface area contributed by atoms with E-state index in [1.165, 1.54) is 0 Å². The van der Waals surface area contributed by atoms with Gasteiger partial charge in [0.05, 0.1) is 10.6 Å². The van der Waals surface area contributed by atoms with Gasteiger partial charge in [0, 0.05) is 16.8 Å². The Hall–Kier alpha value is -2.70. The zero-order valence-corrected chi connectivity index (χ0v) is 18.7. The molecule has 0 aromatic heterocycles. The highest BCUT2D eigenvalue weighted by Gasteiger charge is 2.38. The molecule has 3 aromatic carbocycles. The van der Waals surface area contributed by atoms with Crippen LogP contribution in [0.2, 0.25) is 0 Å². The summed E-state index contributed by atoms with van der Waals surface area (Å²) in [6.07, 6.45) is 1.96. The number of carbonyl (C=O) groups is 1.